The molecule has 0 fully saturated rings. The second kappa shape index (κ2) is 10.1. The van der Waals surface area contributed by atoms with E-state index >= 15 is 13.2 Å². The summed E-state index contributed by atoms with van der Waals surface area (Å²) in [6.07, 6.45) is -4.07. The zero-order valence-corrected chi connectivity index (χ0v) is 23.2. The van der Waals surface area contributed by atoms with Gasteiger partial charge in [-0.05, 0) is 52.2 Å². The van der Waals surface area contributed by atoms with Crippen molar-refractivity contribution in [1.82, 2.24) is 4.90 Å². The Balaban J connectivity index is 1.62. The molecule has 0 spiro atoms. The van der Waals surface area contributed by atoms with E-state index in [2.05, 4.69) is 0 Å². The van der Waals surface area contributed by atoms with Crippen molar-refractivity contribution in [2.24, 2.45) is 0 Å². The normalized spacial score (nSPS) is 19.8. The highest BCUT2D eigenvalue weighted by molar-refractivity contribution is 6.30. The van der Waals surface area contributed by atoms with E-state index in [1.54, 1.807) is 54.6 Å². The van der Waals surface area contributed by atoms with E-state index in [1.165, 1.54) is 30.2 Å². The molecule has 214 valence electrons. The molecule has 2 heterocycles. The van der Waals surface area contributed by atoms with Gasteiger partial charge >= 0.3 is 18.2 Å². The second-order valence-electron chi connectivity index (χ2n) is 10.1. The molecule has 6 rings (SSSR count). The summed E-state index contributed by atoms with van der Waals surface area (Å²) in [5.41, 5.74) is -2.62. The highest BCUT2D eigenvalue weighted by Crippen LogP contribution is 2.63. The number of nitrogens with zero attached hydrogens (tertiary/aromatic N) is 2. The van der Waals surface area contributed by atoms with Crippen LogP contribution >= 0.6 is 11.6 Å². The molecular formula is C32H24ClF3N2O4. The molecule has 4 aromatic rings. The van der Waals surface area contributed by atoms with E-state index in [1.807, 2.05) is 12.1 Å². The van der Waals surface area contributed by atoms with Crippen molar-refractivity contribution in [3.05, 3.63) is 118 Å². The minimum absolute atomic E-state index is 0.0378. The first-order valence-corrected chi connectivity index (χ1v) is 13.4. The summed E-state index contributed by atoms with van der Waals surface area (Å²) >= 11 is 6.34. The number of rotatable bonds is 5. The quantitative estimate of drug-likeness (QED) is 0.225. The van der Waals surface area contributed by atoms with Crippen LogP contribution in [-0.4, -0.2) is 37.3 Å². The highest BCUT2D eigenvalue weighted by Gasteiger charge is 2.72. The minimum Gasteiger partial charge on any atom is -0.497 e. The van der Waals surface area contributed by atoms with Gasteiger partial charge in [0, 0.05) is 16.8 Å². The maximum Gasteiger partial charge on any atom is 0.417 e. The van der Waals surface area contributed by atoms with Crippen molar-refractivity contribution in [2.75, 3.05) is 19.1 Å². The highest BCUT2D eigenvalue weighted by atomic mass is 35.5. The third-order valence-corrected chi connectivity index (χ3v) is 8.17. The molecule has 2 amide bonds. The molecule has 2 aliphatic heterocycles. The van der Waals surface area contributed by atoms with E-state index in [0.717, 1.165) is 18.7 Å². The Hall–Kier alpha value is -4.50. The number of amides is 2. The van der Waals surface area contributed by atoms with Gasteiger partial charge in [0.15, 0.2) is 5.54 Å². The first-order valence-electron chi connectivity index (χ1n) is 13.0. The molecule has 10 heteroatoms. The van der Waals surface area contributed by atoms with Gasteiger partial charge in [-0.3, -0.25) is 9.80 Å². The number of benzene rings is 4. The van der Waals surface area contributed by atoms with Gasteiger partial charge in [-0.15, -0.1) is 0 Å². The zero-order chi connectivity index (χ0) is 29.8. The Kier molecular flexibility index (Phi) is 6.65. The molecule has 0 aliphatic carbocycles. The number of fused-ring (bicyclic) bond motifs is 4. The molecular weight excluding hydrogens is 569 g/mol. The Bertz CT molecular complexity index is 1760. The molecule has 0 saturated heterocycles. The van der Waals surface area contributed by atoms with Crippen LogP contribution in [0.25, 0.3) is 10.8 Å². The molecule has 42 heavy (non-hydrogen) atoms. The first-order chi connectivity index (χ1) is 20.1. The van der Waals surface area contributed by atoms with E-state index < -0.39 is 29.6 Å². The van der Waals surface area contributed by atoms with Crippen molar-refractivity contribution < 1.29 is 32.2 Å². The van der Waals surface area contributed by atoms with Crippen molar-refractivity contribution in [3.63, 3.8) is 0 Å². The summed E-state index contributed by atoms with van der Waals surface area (Å²) < 4.78 is 57.7. The van der Waals surface area contributed by atoms with Gasteiger partial charge in [0.2, 0.25) is 0 Å². The van der Waals surface area contributed by atoms with Gasteiger partial charge in [-0.2, -0.15) is 13.2 Å². The number of esters is 1. The number of anilines is 1. The predicted molar refractivity (Wildman–Crippen MR) is 152 cm³/mol. The third kappa shape index (κ3) is 4.10. The lowest BCUT2D eigenvalue weighted by Gasteiger charge is -2.50. The van der Waals surface area contributed by atoms with Crippen LogP contribution in [0.2, 0.25) is 5.02 Å². The molecule has 0 saturated carbocycles. The van der Waals surface area contributed by atoms with Crippen LogP contribution in [0.4, 0.5) is 23.7 Å². The summed E-state index contributed by atoms with van der Waals surface area (Å²) in [7, 11) is 2.62. The van der Waals surface area contributed by atoms with Gasteiger partial charge in [-0.25, -0.2) is 9.59 Å². The van der Waals surface area contributed by atoms with Gasteiger partial charge in [0.1, 0.15) is 5.75 Å². The fourth-order valence-electron chi connectivity index (χ4n) is 6.07. The maximum atomic E-state index is 15.8. The molecule has 2 aliphatic rings. The molecule has 0 N–H and O–H groups in total. The van der Waals surface area contributed by atoms with Crippen LogP contribution in [0.5, 0.6) is 5.75 Å². The van der Waals surface area contributed by atoms with Crippen LogP contribution in [0.3, 0.4) is 0 Å². The number of ether oxygens (including phenoxy) is 2. The lowest BCUT2D eigenvalue weighted by molar-refractivity contribution is -0.223. The smallest absolute Gasteiger partial charge is 0.417 e. The van der Waals surface area contributed by atoms with Crippen LogP contribution in [0, 0.1) is 0 Å². The minimum atomic E-state index is -5.04. The fourth-order valence-corrected chi connectivity index (χ4v) is 6.24. The first kappa shape index (κ1) is 27.7. The average molecular weight is 593 g/mol. The topological polar surface area (TPSA) is 59.1 Å². The van der Waals surface area contributed by atoms with Crippen LogP contribution in [0.1, 0.15) is 22.6 Å². The molecule has 0 unspecified atom stereocenters. The summed E-state index contributed by atoms with van der Waals surface area (Å²) in [4.78, 5) is 29.2. The van der Waals surface area contributed by atoms with E-state index in [9.17, 15) is 9.59 Å². The predicted octanol–water partition coefficient (Wildman–Crippen LogP) is 7.56. The van der Waals surface area contributed by atoms with Gasteiger partial charge < -0.3 is 9.47 Å². The van der Waals surface area contributed by atoms with Crippen molar-refractivity contribution in [2.45, 2.75) is 24.2 Å². The standard InChI is InChI=1S/C32H24ClF3N2O4/c1-41-24-12-7-19(8-13-24)17-37-27-14-11-23(33)16-26(27)31(32(34,35)36)28(25(29(39)42-2)18-38(31)30(37)40)22-10-9-20-5-3-4-6-21(20)15-22/h3-16,18,28H,17H2,1-2H3/t28-,31-/m1/s1. The summed E-state index contributed by atoms with van der Waals surface area (Å²) in [5.74, 6) is -2.02. The number of alkyl halides is 3. The van der Waals surface area contributed by atoms with Gasteiger partial charge in [0.25, 0.3) is 0 Å². The Morgan fingerprint density at radius 2 is 1.67 bits per heavy atom. The number of carbonyl (C=O) groups is 2. The lowest BCUT2D eigenvalue weighted by atomic mass is 9.70. The number of methoxy groups -OCH3 is 2. The summed E-state index contributed by atoms with van der Waals surface area (Å²) in [6, 6.07) is 22.1. The van der Waals surface area contributed by atoms with Crippen LogP contribution < -0.4 is 9.64 Å². The number of hydrogen-bond acceptors (Lipinski definition) is 4. The van der Waals surface area contributed by atoms with E-state index in [4.69, 9.17) is 21.1 Å². The third-order valence-electron chi connectivity index (χ3n) is 7.93. The lowest BCUT2D eigenvalue weighted by Crippen LogP contribution is -2.63. The van der Waals surface area contributed by atoms with Crippen molar-refractivity contribution in [3.8, 4) is 5.75 Å². The molecule has 0 radical (unpaired) electrons. The molecule has 2 atom stereocenters. The molecule has 4 aromatic carbocycles. The van der Waals surface area contributed by atoms with Crippen LogP contribution in [0.15, 0.2) is 96.7 Å². The monoisotopic (exact) mass is 592 g/mol. The maximum absolute atomic E-state index is 15.8. The van der Waals surface area contributed by atoms with Crippen molar-refractivity contribution in [1.29, 1.82) is 0 Å². The Morgan fingerprint density at radius 1 is 0.952 bits per heavy atom. The molecule has 0 bridgehead atoms. The SMILES string of the molecule is COC(=O)C1=CN2C(=O)N(Cc3ccc(OC)cc3)c3ccc(Cl)cc3[C@]2(C(F)(F)F)[C@@H]1c1ccc2ccccc2c1. The number of urea groups is 1. The van der Waals surface area contributed by atoms with Crippen molar-refractivity contribution >= 4 is 40.1 Å². The van der Waals surface area contributed by atoms with Gasteiger partial charge in [0.05, 0.1) is 37.9 Å². The fraction of sp³-hybridized carbons (Fsp3) is 0.188. The van der Waals surface area contributed by atoms with E-state index in [-0.39, 0.29) is 34.0 Å². The number of carbonyl (C=O) groups excluding carboxylic acids is 2. The molecule has 0 aromatic heterocycles. The number of hydrogen-bond donors (Lipinski definition) is 0. The zero-order valence-electron chi connectivity index (χ0n) is 22.5. The van der Waals surface area contributed by atoms with E-state index in [0.29, 0.717) is 21.6 Å². The Morgan fingerprint density at radius 3 is 2.33 bits per heavy atom. The molecule has 6 nitrogen and oxygen atoms in total. The summed E-state index contributed by atoms with van der Waals surface area (Å²) in [5, 5.41) is 1.55. The van der Waals surface area contributed by atoms with Gasteiger partial charge in [-0.1, -0.05) is 66.2 Å². The largest absolute Gasteiger partial charge is 0.497 e. The second-order valence-corrected chi connectivity index (χ2v) is 10.6. The van der Waals surface area contributed by atoms with Crippen LogP contribution in [-0.2, 0) is 21.6 Å². The number of halogens is 4. The summed E-state index contributed by atoms with van der Waals surface area (Å²) in [6.45, 7) is -0.0378. The average Bonchev–Trinajstić information content (AvgIpc) is 3.37. The Labute approximate surface area is 244 Å².